The van der Waals surface area contributed by atoms with Gasteiger partial charge >= 0.3 is 6.08 Å². The third kappa shape index (κ3) is 1.43. The van der Waals surface area contributed by atoms with E-state index in [2.05, 4.69) is 20.1 Å². The number of nitrogens with two attached hydrogens (primary N) is 1. The SMILES string of the molecule is [N-]=[N+]=NC12O[C@@H](c3ccc4c(N)nc(F)nn34)[C@H](F)[C@@]1(O)[C@H]2O. The fourth-order valence-corrected chi connectivity index (χ4v) is 3.07. The number of anilines is 1. The summed E-state index contributed by atoms with van der Waals surface area (Å²) in [6.45, 7) is 0. The summed E-state index contributed by atoms with van der Waals surface area (Å²) < 4.78 is 34.2. The van der Waals surface area contributed by atoms with Crippen LogP contribution in [-0.4, -0.2) is 48.4 Å². The van der Waals surface area contributed by atoms with Gasteiger partial charge < -0.3 is 20.7 Å². The molecule has 1 saturated heterocycles. The maximum atomic E-state index is 14.6. The largest absolute Gasteiger partial charge is 0.387 e. The van der Waals surface area contributed by atoms with Crippen molar-refractivity contribution in [3.8, 4) is 0 Å². The summed E-state index contributed by atoms with van der Waals surface area (Å²) in [6.07, 6.45) is -6.39. The highest BCUT2D eigenvalue weighted by molar-refractivity contribution is 5.65. The number of hydrogen-bond donors (Lipinski definition) is 3. The van der Waals surface area contributed by atoms with Crippen LogP contribution < -0.4 is 5.73 Å². The molecule has 3 heterocycles. The Bertz CT molecular complexity index is 884. The second-order valence-electron chi connectivity index (χ2n) is 5.38. The number of nitrogens with zero attached hydrogens (tertiary/aromatic N) is 6. The van der Waals surface area contributed by atoms with Crippen LogP contribution in [0.2, 0.25) is 0 Å². The van der Waals surface area contributed by atoms with Gasteiger partial charge in [0.05, 0.1) is 5.69 Å². The van der Waals surface area contributed by atoms with Crippen molar-refractivity contribution < 1.29 is 23.7 Å². The molecule has 1 aliphatic heterocycles. The summed E-state index contributed by atoms with van der Waals surface area (Å²) in [5.41, 5.74) is 9.85. The molecule has 2 aromatic heterocycles. The molecule has 0 bridgehead atoms. The number of halogens is 2. The van der Waals surface area contributed by atoms with Crippen molar-refractivity contribution in [2.75, 3.05) is 5.73 Å². The number of azide groups is 1. The van der Waals surface area contributed by atoms with Crippen LogP contribution in [0.25, 0.3) is 16.0 Å². The van der Waals surface area contributed by atoms with Gasteiger partial charge in [0.1, 0.15) is 17.7 Å². The molecule has 12 heteroatoms. The number of hydrogen-bond acceptors (Lipinski definition) is 7. The van der Waals surface area contributed by atoms with Crippen LogP contribution in [0.3, 0.4) is 0 Å². The number of aromatic nitrogens is 3. The summed E-state index contributed by atoms with van der Waals surface area (Å²) in [4.78, 5) is 5.81. The number of ether oxygens (including phenoxy) is 1. The molecule has 23 heavy (non-hydrogen) atoms. The van der Waals surface area contributed by atoms with E-state index >= 15 is 0 Å². The quantitative estimate of drug-likeness (QED) is 0.400. The van der Waals surface area contributed by atoms with E-state index in [1.807, 2.05) is 0 Å². The van der Waals surface area contributed by atoms with Gasteiger partial charge in [0.15, 0.2) is 17.6 Å². The van der Waals surface area contributed by atoms with Crippen molar-refractivity contribution in [2.24, 2.45) is 5.11 Å². The van der Waals surface area contributed by atoms with Gasteiger partial charge in [0.25, 0.3) is 0 Å². The molecular weight excluding hydrogens is 316 g/mol. The van der Waals surface area contributed by atoms with E-state index in [1.165, 1.54) is 12.1 Å². The molecule has 0 radical (unpaired) electrons. The Morgan fingerprint density at radius 3 is 2.96 bits per heavy atom. The summed E-state index contributed by atoms with van der Waals surface area (Å²) in [5.74, 6) is -0.161. The minimum atomic E-state index is -2.37. The topological polar surface area (TPSA) is 155 Å². The first-order valence-electron chi connectivity index (χ1n) is 6.46. The van der Waals surface area contributed by atoms with Gasteiger partial charge in [-0.15, -0.1) is 5.10 Å². The average Bonchev–Trinajstić information content (AvgIpc) is 2.83. The summed E-state index contributed by atoms with van der Waals surface area (Å²) in [7, 11) is 0. The molecule has 0 amide bonds. The van der Waals surface area contributed by atoms with E-state index in [0.717, 1.165) is 4.52 Å². The predicted octanol–water partition coefficient (Wildman–Crippen LogP) is -0.0278. The van der Waals surface area contributed by atoms with E-state index in [4.69, 9.17) is 16.0 Å². The zero-order chi connectivity index (χ0) is 16.6. The van der Waals surface area contributed by atoms with Gasteiger partial charge in [-0.25, -0.2) is 8.91 Å². The minimum absolute atomic E-state index is 0.0286. The molecule has 1 unspecified atom stereocenters. The van der Waals surface area contributed by atoms with Crippen molar-refractivity contribution in [2.45, 2.75) is 29.7 Å². The van der Waals surface area contributed by atoms with Crippen LogP contribution in [-0.2, 0) is 4.74 Å². The van der Waals surface area contributed by atoms with Crippen LogP contribution >= 0.6 is 0 Å². The van der Waals surface area contributed by atoms with Crippen molar-refractivity contribution >= 4 is 11.3 Å². The molecule has 1 aliphatic carbocycles. The number of nitrogen functional groups attached to an aromatic ring is 1. The second-order valence-corrected chi connectivity index (χ2v) is 5.38. The zero-order valence-electron chi connectivity index (χ0n) is 11.2. The van der Waals surface area contributed by atoms with Gasteiger partial charge in [0, 0.05) is 4.91 Å². The fraction of sp³-hybridized carbons (Fsp3) is 0.455. The number of alkyl halides is 1. The van der Waals surface area contributed by atoms with Crippen LogP contribution in [0.4, 0.5) is 14.6 Å². The molecular formula is C11H9F2N7O3. The van der Waals surface area contributed by atoms with Crippen molar-refractivity contribution in [3.63, 3.8) is 0 Å². The normalized spacial score (nSPS) is 38.3. The van der Waals surface area contributed by atoms with Gasteiger partial charge in [-0.3, -0.25) is 0 Å². The van der Waals surface area contributed by atoms with E-state index in [1.54, 1.807) is 0 Å². The highest BCUT2D eigenvalue weighted by Gasteiger charge is 2.88. The Labute approximate surface area is 125 Å². The van der Waals surface area contributed by atoms with Gasteiger partial charge in [-0.1, -0.05) is 5.11 Å². The first-order chi connectivity index (χ1) is 10.9. The molecule has 5 atom stereocenters. The van der Waals surface area contributed by atoms with Crippen LogP contribution in [0.1, 0.15) is 11.8 Å². The highest BCUT2D eigenvalue weighted by atomic mass is 19.1. The Balaban J connectivity index is 1.83. The summed E-state index contributed by atoms with van der Waals surface area (Å²) >= 11 is 0. The average molecular weight is 325 g/mol. The standard InChI is InChI=1S/C11H9F2N7O3/c12-6-5(23-11(18-19-15)8(21)10(6,11)22)3-1-2-4-7(14)16-9(13)17-20(3)4/h1-2,5-6,8,21-22H,(H2,14,16,17)/t5-,6-,8+,10+,11?/m0/s1. The number of aliphatic hydroxyl groups excluding tert-OH is 1. The Morgan fingerprint density at radius 1 is 1.52 bits per heavy atom. The van der Waals surface area contributed by atoms with E-state index in [0.29, 0.717) is 0 Å². The minimum Gasteiger partial charge on any atom is -0.387 e. The molecule has 2 aromatic rings. The monoisotopic (exact) mass is 325 g/mol. The molecule has 4 rings (SSSR count). The zero-order valence-corrected chi connectivity index (χ0v) is 11.2. The maximum Gasteiger partial charge on any atom is 0.327 e. The Morgan fingerprint density at radius 2 is 2.26 bits per heavy atom. The second kappa shape index (κ2) is 4.06. The molecule has 120 valence electrons. The van der Waals surface area contributed by atoms with Crippen molar-refractivity contribution in [1.29, 1.82) is 0 Å². The van der Waals surface area contributed by atoms with Gasteiger partial charge in [0.2, 0.25) is 5.72 Å². The van der Waals surface area contributed by atoms with Crippen LogP contribution in [0.15, 0.2) is 17.2 Å². The third-order valence-electron chi connectivity index (χ3n) is 4.30. The third-order valence-corrected chi connectivity index (χ3v) is 4.30. The van der Waals surface area contributed by atoms with E-state index < -0.39 is 35.8 Å². The summed E-state index contributed by atoms with van der Waals surface area (Å²) in [6, 6.07) is 2.78. The van der Waals surface area contributed by atoms with Gasteiger partial charge in [-0.05, 0) is 17.7 Å². The molecule has 10 nitrogen and oxygen atoms in total. The summed E-state index contributed by atoms with van der Waals surface area (Å²) in [5, 5.41) is 26.5. The first kappa shape index (κ1) is 14.1. The smallest absolute Gasteiger partial charge is 0.327 e. The highest BCUT2D eigenvalue weighted by Crippen LogP contribution is 2.65. The molecule has 4 N–H and O–H groups in total. The lowest BCUT2D eigenvalue weighted by Gasteiger charge is -2.19. The van der Waals surface area contributed by atoms with Crippen LogP contribution in [0, 0.1) is 6.08 Å². The number of fused-ring (bicyclic) bond motifs is 2. The van der Waals surface area contributed by atoms with E-state index in [9.17, 15) is 19.0 Å². The molecule has 2 fully saturated rings. The molecule has 0 aromatic carbocycles. The fourth-order valence-electron chi connectivity index (χ4n) is 3.07. The number of aliphatic hydroxyl groups is 2. The van der Waals surface area contributed by atoms with Crippen molar-refractivity contribution in [1.82, 2.24) is 14.6 Å². The van der Waals surface area contributed by atoms with Crippen LogP contribution in [0.5, 0.6) is 0 Å². The Kier molecular flexibility index (Phi) is 2.48. The maximum absolute atomic E-state index is 14.6. The van der Waals surface area contributed by atoms with E-state index in [-0.39, 0.29) is 17.0 Å². The molecule has 0 spiro atoms. The predicted molar refractivity (Wildman–Crippen MR) is 68.9 cm³/mol. The Hall–Kier alpha value is -2.53. The van der Waals surface area contributed by atoms with Crippen molar-refractivity contribution in [3.05, 3.63) is 34.3 Å². The first-order valence-corrected chi connectivity index (χ1v) is 6.46. The lowest BCUT2D eigenvalue weighted by molar-refractivity contribution is -0.0571. The van der Waals surface area contributed by atoms with Gasteiger partial charge in [-0.2, -0.15) is 9.37 Å². The number of rotatable bonds is 2. The lowest BCUT2D eigenvalue weighted by atomic mass is 10.1. The molecule has 1 saturated carbocycles. The lowest BCUT2D eigenvalue weighted by Crippen LogP contribution is -2.31. The molecule has 2 aliphatic rings.